The number of ether oxygens (including phenoxy) is 1. The molecule has 6 heteroatoms. The lowest BCUT2D eigenvalue weighted by molar-refractivity contribution is -0.129. The third kappa shape index (κ3) is 4.03. The first-order valence-electron chi connectivity index (χ1n) is 7.79. The zero-order valence-corrected chi connectivity index (χ0v) is 14.5. The topological polar surface area (TPSA) is 58.6 Å². The van der Waals surface area contributed by atoms with Crippen LogP contribution in [0.2, 0.25) is 5.02 Å². The van der Waals surface area contributed by atoms with Gasteiger partial charge in [-0.2, -0.15) is 0 Å². The van der Waals surface area contributed by atoms with Crippen molar-refractivity contribution < 1.29 is 14.3 Å². The fraction of sp³-hybridized carbons (Fsp3) is 0.529. The van der Waals surface area contributed by atoms with Crippen molar-refractivity contribution in [1.29, 1.82) is 0 Å². The predicted molar refractivity (Wildman–Crippen MR) is 89.2 cm³/mol. The summed E-state index contributed by atoms with van der Waals surface area (Å²) >= 11 is 6.33. The van der Waals surface area contributed by atoms with Crippen LogP contribution in [0.1, 0.15) is 31.9 Å². The van der Waals surface area contributed by atoms with Gasteiger partial charge in [-0.3, -0.25) is 9.59 Å². The van der Waals surface area contributed by atoms with E-state index in [0.717, 1.165) is 5.56 Å². The van der Waals surface area contributed by atoms with E-state index in [4.69, 9.17) is 16.3 Å². The minimum Gasteiger partial charge on any atom is -0.383 e. The minimum atomic E-state index is -0.443. The van der Waals surface area contributed by atoms with Gasteiger partial charge in [0.2, 0.25) is 11.8 Å². The van der Waals surface area contributed by atoms with Crippen LogP contribution in [0.4, 0.5) is 0 Å². The molecule has 1 saturated heterocycles. The summed E-state index contributed by atoms with van der Waals surface area (Å²) in [5.41, 5.74) is 0.806. The van der Waals surface area contributed by atoms with E-state index < -0.39 is 5.92 Å². The number of carbonyl (C=O) groups is 2. The summed E-state index contributed by atoms with van der Waals surface area (Å²) in [5, 5.41) is 3.48. The maximum Gasteiger partial charge on any atom is 0.226 e. The number of hydrogen-bond acceptors (Lipinski definition) is 3. The van der Waals surface area contributed by atoms with Gasteiger partial charge in [0.15, 0.2) is 0 Å². The molecule has 2 atom stereocenters. The molecule has 0 spiro atoms. The zero-order valence-electron chi connectivity index (χ0n) is 13.7. The number of carbonyl (C=O) groups excluding carboxylic acids is 2. The highest BCUT2D eigenvalue weighted by molar-refractivity contribution is 6.31. The van der Waals surface area contributed by atoms with Crippen LogP contribution >= 0.6 is 11.6 Å². The summed E-state index contributed by atoms with van der Waals surface area (Å²) in [5.74, 6) is -0.601. The monoisotopic (exact) mass is 338 g/mol. The highest BCUT2D eigenvalue weighted by Gasteiger charge is 2.44. The average Bonchev–Trinajstić information content (AvgIpc) is 2.82. The molecule has 1 heterocycles. The fourth-order valence-corrected chi connectivity index (χ4v) is 3.22. The number of halogens is 1. The lowest BCUT2D eigenvalue weighted by Crippen LogP contribution is -2.39. The van der Waals surface area contributed by atoms with Crippen molar-refractivity contribution in [3.8, 4) is 0 Å². The molecule has 0 radical (unpaired) electrons. The number of nitrogens with zero attached hydrogens (tertiary/aromatic N) is 1. The number of amides is 2. The molecule has 5 nitrogen and oxygen atoms in total. The SMILES string of the molecule is COCCN1C(=O)C[C@@H](C(=O)NC(C)C)[C@@H]1c1ccccc1Cl. The van der Waals surface area contributed by atoms with Gasteiger partial charge < -0.3 is 15.0 Å². The Bertz CT molecular complexity index is 577. The number of methoxy groups -OCH3 is 1. The van der Waals surface area contributed by atoms with Crippen LogP contribution in [0, 0.1) is 5.92 Å². The van der Waals surface area contributed by atoms with Crippen molar-refractivity contribution in [2.75, 3.05) is 20.3 Å². The standard InChI is InChI=1S/C17H23ClN2O3/c1-11(2)19-17(22)13-10-15(21)20(8-9-23-3)16(13)12-6-4-5-7-14(12)18/h4-7,11,13,16H,8-10H2,1-3H3,(H,19,22)/t13-,16+/m1/s1. The van der Waals surface area contributed by atoms with Gasteiger partial charge in [0.05, 0.1) is 18.6 Å². The first-order chi connectivity index (χ1) is 11.0. The van der Waals surface area contributed by atoms with Crippen LogP contribution in [0.25, 0.3) is 0 Å². The molecule has 1 aliphatic rings. The van der Waals surface area contributed by atoms with Crippen LogP contribution in [-0.4, -0.2) is 43.0 Å². The first kappa shape index (κ1) is 17.8. The molecule has 2 amide bonds. The van der Waals surface area contributed by atoms with E-state index in [1.165, 1.54) is 0 Å². The maximum absolute atomic E-state index is 12.6. The molecule has 2 rings (SSSR count). The predicted octanol–water partition coefficient (Wildman–Crippen LogP) is 2.40. The van der Waals surface area contributed by atoms with Crippen LogP contribution in [0.5, 0.6) is 0 Å². The minimum absolute atomic E-state index is 0.0255. The van der Waals surface area contributed by atoms with Gasteiger partial charge in [-0.05, 0) is 25.5 Å². The molecule has 23 heavy (non-hydrogen) atoms. The second kappa shape index (κ2) is 7.79. The summed E-state index contributed by atoms with van der Waals surface area (Å²) in [6.07, 6.45) is 0.193. The molecule has 0 bridgehead atoms. The molecule has 0 saturated carbocycles. The summed E-state index contributed by atoms with van der Waals surface area (Å²) in [6, 6.07) is 7.04. The van der Waals surface area contributed by atoms with Crippen LogP contribution in [0.3, 0.4) is 0 Å². The third-order valence-electron chi connectivity index (χ3n) is 3.96. The van der Waals surface area contributed by atoms with Gasteiger partial charge in [-0.1, -0.05) is 29.8 Å². The summed E-state index contributed by atoms with van der Waals surface area (Å²) in [6.45, 7) is 4.67. The first-order valence-corrected chi connectivity index (χ1v) is 8.16. The highest BCUT2D eigenvalue weighted by atomic mass is 35.5. The van der Waals surface area contributed by atoms with Crippen molar-refractivity contribution in [2.24, 2.45) is 5.92 Å². The molecule has 1 aromatic rings. The molecule has 126 valence electrons. The molecular weight excluding hydrogens is 316 g/mol. The Balaban J connectivity index is 2.35. The Labute approximate surface area is 141 Å². The Morgan fingerprint density at radius 2 is 2.13 bits per heavy atom. The molecule has 1 fully saturated rings. The van der Waals surface area contributed by atoms with Gasteiger partial charge in [0.25, 0.3) is 0 Å². The molecular formula is C17H23ClN2O3. The normalized spacial score (nSPS) is 21.1. The smallest absolute Gasteiger partial charge is 0.226 e. The Morgan fingerprint density at radius 1 is 1.43 bits per heavy atom. The van der Waals surface area contributed by atoms with Crippen LogP contribution in [-0.2, 0) is 14.3 Å². The van der Waals surface area contributed by atoms with Crippen molar-refractivity contribution in [3.05, 3.63) is 34.9 Å². The Morgan fingerprint density at radius 3 is 2.74 bits per heavy atom. The van der Waals surface area contributed by atoms with Gasteiger partial charge in [-0.15, -0.1) is 0 Å². The van der Waals surface area contributed by atoms with Gasteiger partial charge in [0.1, 0.15) is 0 Å². The number of rotatable bonds is 6. The Kier molecular flexibility index (Phi) is 6.02. The molecule has 0 unspecified atom stereocenters. The molecule has 1 aromatic carbocycles. The fourth-order valence-electron chi connectivity index (χ4n) is 2.97. The molecule has 1 N–H and O–H groups in total. The largest absolute Gasteiger partial charge is 0.383 e. The lowest BCUT2D eigenvalue weighted by atomic mass is 9.92. The van der Waals surface area contributed by atoms with Crippen molar-refractivity contribution in [1.82, 2.24) is 10.2 Å². The van der Waals surface area contributed by atoms with E-state index >= 15 is 0 Å². The van der Waals surface area contributed by atoms with E-state index in [1.54, 1.807) is 18.1 Å². The molecule has 0 aromatic heterocycles. The molecule has 1 aliphatic heterocycles. The maximum atomic E-state index is 12.6. The van der Waals surface area contributed by atoms with Crippen LogP contribution < -0.4 is 5.32 Å². The number of benzene rings is 1. The lowest BCUT2D eigenvalue weighted by Gasteiger charge is -2.29. The average molecular weight is 339 g/mol. The quantitative estimate of drug-likeness (QED) is 0.866. The number of nitrogens with one attached hydrogen (secondary N) is 1. The van der Waals surface area contributed by atoms with E-state index in [2.05, 4.69) is 5.32 Å². The van der Waals surface area contributed by atoms with E-state index in [9.17, 15) is 9.59 Å². The third-order valence-corrected chi connectivity index (χ3v) is 4.30. The number of hydrogen-bond donors (Lipinski definition) is 1. The summed E-state index contributed by atoms with van der Waals surface area (Å²) < 4.78 is 5.10. The van der Waals surface area contributed by atoms with Crippen molar-refractivity contribution >= 4 is 23.4 Å². The van der Waals surface area contributed by atoms with Crippen molar-refractivity contribution in [3.63, 3.8) is 0 Å². The van der Waals surface area contributed by atoms with Gasteiger partial charge in [0, 0.05) is 31.1 Å². The van der Waals surface area contributed by atoms with Crippen LogP contribution in [0.15, 0.2) is 24.3 Å². The highest BCUT2D eigenvalue weighted by Crippen LogP contribution is 2.40. The van der Waals surface area contributed by atoms with Crippen molar-refractivity contribution in [2.45, 2.75) is 32.4 Å². The summed E-state index contributed by atoms with van der Waals surface area (Å²) in [7, 11) is 1.59. The van der Waals surface area contributed by atoms with Gasteiger partial charge >= 0.3 is 0 Å². The van der Waals surface area contributed by atoms with E-state index in [-0.39, 0.29) is 30.3 Å². The zero-order chi connectivity index (χ0) is 17.0. The summed E-state index contributed by atoms with van der Waals surface area (Å²) in [4.78, 5) is 26.7. The number of likely N-dealkylation sites (tertiary alicyclic amines) is 1. The van der Waals surface area contributed by atoms with Gasteiger partial charge in [-0.25, -0.2) is 0 Å². The molecule has 0 aliphatic carbocycles. The second-order valence-electron chi connectivity index (χ2n) is 6.02. The second-order valence-corrected chi connectivity index (χ2v) is 6.43. The van der Waals surface area contributed by atoms with E-state index in [0.29, 0.717) is 18.2 Å². The Hall–Kier alpha value is -1.59. The van der Waals surface area contributed by atoms with E-state index in [1.807, 2.05) is 32.0 Å².